The smallest absolute Gasteiger partial charge is 0.330 e. The fourth-order valence-corrected chi connectivity index (χ4v) is 4.95. The fraction of sp³-hybridized carbons (Fsp3) is 0.455. The van der Waals surface area contributed by atoms with Crippen LogP contribution in [0.25, 0.3) is 0 Å². The third-order valence-electron chi connectivity index (χ3n) is 6.40. The minimum absolute atomic E-state index is 0.0315. The number of likely N-dealkylation sites (tertiary alicyclic amines) is 1. The van der Waals surface area contributed by atoms with E-state index in [0.717, 1.165) is 11.3 Å². The minimum atomic E-state index is -1.10. The quantitative estimate of drug-likeness (QED) is 0.163. The average Bonchev–Trinajstić information content (AvgIpc) is 3.42. The number of amides is 2. The minimum Gasteiger partial charge on any atom is -0.456 e. The summed E-state index contributed by atoms with van der Waals surface area (Å²) in [5.41, 5.74) is -0.00140. The summed E-state index contributed by atoms with van der Waals surface area (Å²) in [6.07, 6.45) is 4.75. The standard InChI is InChI=1S/C22H22N2O7/c1-11(2)19(23-20(26)17-13-3-4-14(9-13)18(17)21(23)27)22(28)31-10-16(25)12-5-7-15(8-6-12)24(29)30/h3-8,11,13-14,17-19H,9-10H2,1-2H3/t13-,14-,17-,18+,19+/m0/s1. The lowest BCUT2D eigenvalue weighted by atomic mass is 9.85. The molecule has 0 N–H and O–H groups in total. The molecule has 1 saturated heterocycles. The number of rotatable bonds is 7. The lowest BCUT2D eigenvalue weighted by Gasteiger charge is -2.28. The maximum Gasteiger partial charge on any atom is 0.330 e. The van der Waals surface area contributed by atoms with Crippen molar-refractivity contribution >= 4 is 29.3 Å². The number of hydrogen-bond acceptors (Lipinski definition) is 7. The van der Waals surface area contributed by atoms with Gasteiger partial charge in [-0.15, -0.1) is 0 Å². The number of carbonyl (C=O) groups is 4. The second kappa shape index (κ2) is 7.72. The normalized spacial score (nSPS) is 27.0. The van der Waals surface area contributed by atoms with Crippen LogP contribution in [-0.2, 0) is 19.1 Å². The van der Waals surface area contributed by atoms with E-state index in [1.807, 2.05) is 12.2 Å². The predicted octanol–water partition coefficient (Wildman–Crippen LogP) is 2.15. The highest BCUT2D eigenvalue weighted by atomic mass is 16.6. The molecule has 2 fully saturated rings. The summed E-state index contributed by atoms with van der Waals surface area (Å²) in [7, 11) is 0. The lowest BCUT2D eigenvalue weighted by Crippen LogP contribution is -2.50. The van der Waals surface area contributed by atoms with Crippen molar-refractivity contribution in [3.05, 3.63) is 52.1 Å². The highest BCUT2D eigenvalue weighted by Gasteiger charge is 2.61. The zero-order valence-electron chi connectivity index (χ0n) is 17.1. The third kappa shape index (κ3) is 3.43. The van der Waals surface area contributed by atoms with E-state index < -0.39 is 41.2 Å². The van der Waals surface area contributed by atoms with Gasteiger partial charge in [-0.25, -0.2) is 4.79 Å². The van der Waals surface area contributed by atoms with Gasteiger partial charge in [-0.3, -0.25) is 29.4 Å². The van der Waals surface area contributed by atoms with E-state index in [0.29, 0.717) is 0 Å². The number of ketones is 1. The topological polar surface area (TPSA) is 124 Å². The van der Waals surface area contributed by atoms with Gasteiger partial charge in [0.15, 0.2) is 12.4 Å². The number of benzene rings is 1. The molecule has 9 heteroatoms. The van der Waals surface area contributed by atoms with E-state index in [9.17, 15) is 29.3 Å². The van der Waals surface area contributed by atoms with Crippen LogP contribution >= 0.6 is 0 Å². The zero-order chi connectivity index (χ0) is 22.4. The van der Waals surface area contributed by atoms with Gasteiger partial charge >= 0.3 is 5.97 Å². The van der Waals surface area contributed by atoms with E-state index >= 15 is 0 Å². The molecule has 2 bridgehead atoms. The Morgan fingerprint density at radius 2 is 1.65 bits per heavy atom. The van der Waals surface area contributed by atoms with Crippen LogP contribution in [0.2, 0.25) is 0 Å². The largest absolute Gasteiger partial charge is 0.456 e. The first kappa shape index (κ1) is 20.9. The molecule has 0 spiro atoms. The first-order valence-corrected chi connectivity index (χ1v) is 10.2. The molecule has 3 aliphatic rings. The van der Waals surface area contributed by atoms with E-state index in [4.69, 9.17) is 4.74 Å². The second-order valence-corrected chi connectivity index (χ2v) is 8.57. The Bertz CT molecular complexity index is 968. The molecule has 1 aromatic carbocycles. The van der Waals surface area contributed by atoms with Gasteiger partial charge in [0, 0.05) is 17.7 Å². The van der Waals surface area contributed by atoms with Gasteiger partial charge in [0.2, 0.25) is 11.8 Å². The number of carbonyl (C=O) groups excluding carboxylic acids is 4. The van der Waals surface area contributed by atoms with Gasteiger partial charge in [0.25, 0.3) is 5.69 Å². The first-order valence-electron chi connectivity index (χ1n) is 10.2. The monoisotopic (exact) mass is 426 g/mol. The van der Waals surface area contributed by atoms with Crippen LogP contribution in [0.5, 0.6) is 0 Å². The molecule has 1 saturated carbocycles. The molecule has 31 heavy (non-hydrogen) atoms. The van der Waals surface area contributed by atoms with Gasteiger partial charge in [0.1, 0.15) is 6.04 Å². The summed E-state index contributed by atoms with van der Waals surface area (Å²) < 4.78 is 5.18. The van der Waals surface area contributed by atoms with Crippen molar-refractivity contribution in [1.29, 1.82) is 0 Å². The molecule has 5 atom stereocenters. The van der Waals surface area contributed by atoms with Gasteiger partial charge in [-0.2, -0.15) is 0 Å². The Kier molecular flexibility index (Phi) is 5.20. The Morgan fingerprint density at radius 1 is 1.10 bits per heavy atom. The number of imide groups is 1. The maximum atomic E-state index is 13.0. The van der Waals surface area contributed by atoms with Gasteiger partial charge in [0.05, 0.1) is 16.8 Å². The number of nitro groups is 1. The van der Waals surface area contributed by atoms with Crippen molar-refractivity contribution in [2.24, 2.45) is 29.6 Å². The fourth-order valence-electron chi connectivity index (χ4n) is 4.95. The Morgan fingerprint density at radius 3 is 2.13 bits per heavy atom. The van der Waals surface area contributed by atoms with E-state index in [2.05, 4.69) is 0 Å². The summed E-state index contributed by atoms with van der Waals surface area (Å²) in [6, 6.07) is 3.84. The summed E-state index contributed by atoms with van der Waals surface area (Å²) in [6.45, 7) is 2.84. The molecule has 0 unspecified atom stereocenters. The van der Waals surface area contributed by atoms with Crippen LogP contribution in [0.3, 0.4) is 0 Å². The van der Waals surface area contributed by atoms with Crippen LogP contribution < -0.4 is 0 Å². The van der Waals surface area contributed by atoms with Gasteiger partial charge in [-0.05, 0) is 36.3 Å². The lowest BCUT2D eigenvalue weighted by molar-refractivity contribution is -0.384. The summed E-state index contributed by atoms with van der Waals surface area (Å²) in [5, 5.41) is 10.7. The van der Waals surface area contributed by atoms with Gasteiger partial charge < -0.3 is 4.74 Å². The molecule has 162 valence electrons. The van der Waals surface area contributed by atoms with Crippen LogP contribution in [0.1, 0.15) is 30.6 Å². The van der Waals surface area contributed by atoms with E-state index in [1.54, 1.807) is 13.8 Å². The number of esters is 1. The van der Waals surface area contributed by atoms with Crippen molar-refractivity contribution in [3.63, 3.8) is 0 Å². The van der Waals surface area contributed by atoms with Crippen molar-refractivity contribution < 1.29 is 28.8 Å². The molecule has 1 aliphatic heterocycles. The number of nitro benzene ring substituents is 1. The van der Waals surface area contributed by atoms with E-state index in [1.165, 1.54) is 24.3 Å². The molecular weight excluding hydrogens is 404 g/mol. The molecule has 0 aromatic heterocycles. The van der Waals surface area contributed by atoms with Crippen molar-refractivity contribution in [3.8, 4) is 0 Å². The summed E-state index contributed by atoms with van der Waals surface area (Å²) >= 11 is 0. The summed E-state index contributed by atoms with van der Waals surface area (Å²) in [5.74, 6) is -3.20. The highest BCUT2D eigenvalue weighted by molar-refractivity contribution is 6.09. The number of nitrogens with zero attached hydrogens (tertiary/aromatic N) is 2. The van der Waals surface area contributed by atoms with Crippen LogP contribution in [0, 0.1) is 39.7 Å². The van der Waals surface area contributed by atoms with Crippen molar-refractivity contribution in [2.45, 2.75) is 26.3 Å². The first-order chi connectivity index (χ1) is 14.7. The SMILES string of the molecule is CC(C)[C@H](C(=O)OCC(=O)c1ccc([N+](=O)[O-])cc1)N1C(=O)[C@@H]2[C@H](C1=O)[C@H]1C=C[C@H]2C1. The highest BCUT2D eigenvalue weighted by Crippen LogP contribution is 2.53. The number of fused-ring (bicyclic) bond motifs is 5. The number of ether oxygens (including phenoxy) is 1. The van der Waals surface area contributed by atoms with E-state index in [-0.39, 0.29) is 40.8 Å². The molecule has 9 nitrogen and oxygen atoms in total. The number of hydrogen-bond donors (Lipinski definition) is 0. The van der Waals surface area contributed by atoms with Crippen LogP contribution in [0.15, 0.2) is 36.4 Å². The predicted molar refractivity (Wildman–Crippen MR) is 107 cm³/mol. The van der Waals surface area contributed by atoms with Crippen LogP contribution in [0.4, 0.5) is 5.69 Å². The van der Waals surface area contributed by atoms with Crippen LogP contribution in [-0.4, -0.2) is 46.0 Å². The molecule has 2 aliphatic carbocycles. The maximum absolute atomic E-state index is 13.0. The molecule has 1 heterocycles. The molecule has 4 rings (SSSR count). The van der Waals surface area contributed by atoms with Gasteiger partial charge in [-0.1, -0.05) is 26.0 Å². The molecular formula is C22H22N2O7. The second-order valence-electron chi connectivity index (χ2n) is 8.57. The molecule has 2 amide bonds. The van der Waals surface area contributed by atoms with Crippen molar-refractivity contribution in [1.82, 2.24) is 4.90 Å². The Hall–Kier alpha value is -3.36. The number of allylic oxidation sites excluding steroid dienone is 2. The third-order valence-corrected chi connectivity index (χ3v) is 6.40. The zero-order valence-corrected chi connectivity index (χ0v) is 17.1. The Labute approximate surface area is 178 Å². The summed E-state index contributed by atoms with van der Waals surface area (Å²) in [4.78, 5) is 62.4. The molecule has 0 radical (unpaired) electrons. The number of non-ortho nitro benzene ring substituents is 1. The average molecular weight is 426 g/mol. The Balaban J connectivity index is 1.45. The molecule has 1 aromatic rings. The van der Waals surface area contributed by atoms with Crippen molar-refractivity contribution in [2.75, 3.05) is 6.61 Å². The number of Topliss-reactive ketones (excluding diaryl/α,β-unsaturated/α-hetero) is 1.